The molecule has 0 radical (unpaired) electrons. The van der Waals surface area contributed by atoms with Crippen LogP contribution in [0.2, 0.25) is 0 Å². The molecule has 4 nitrogen and oxygen atoms in total. The summed E-state index contributed by atoms with van der Waals surface area (Å²) in [6.07, 6.45) is 0.524. The molecule has 0 fully saturated rings. The van der Waals surface area contributed by atoms with Gasteiger partial charge in [-0.2, -0.15) is 0 Å². The molecule has 0 aromatic heterocycles. The molecule has 0 heterocycles. The molecule has 0 aromatic carbocycles. The molecule has 4 heteroatoms. The van der Waals surface area contributed by atoms with E-state index in [9.17, 15) is 4.79 Å². The Morgan fingerprint density at radius 1 is 1.29 bits per heavy atom. The molecule has 0 unspecified atom stereocenters. The first-order valence-electron chi connectivity index (χ1n) is 4.71. The molecule has 0 bridgehead atoms. The van der Waals surface area contributed by atoms with Crippen LogP contribution in [0.5, 0.6) is 0 Å². The van der Waals surface area contributed by atoms with Crippen molar-refractivity contribution in [1.29, 1.82) is 0 Å². The molecule has 0 aliphatic heterocycles. The number of hydrogen-bond donors (Lipinski definition) is 0. The molecule has 0 aromatic rings. The second kappa shape index (κ2) is 12.4. The summed E-state index contributed by atoms with van der Waals surface area (Å²) in [6.45, 7) is 7.04. The van der Waals surface area contributed by atoms with Crippen LogP contribution in [0.15, 0.2) is 0 Å². The lowest BCUT2D eigenvalue weighted by atomic mass is 10.1. The van der Waals surface area contributed by atoms with Crippen molar-refractivity contribution < 1.29 is 19.0 Å². The van der Waals surface area contributed by atoms with E-state index >= 15 is 0 Å². The van der Waals surface area contributed by atoms with E-state index in [4.69, 9.17) is 4.74 Å². The van der Waals surface area contributed by atoms with Gasteiger partial charge in [0.1, 0.15) is 6.79 Å². The predicted molar refractivity (Wildman–Crippen MR) is 55.0 cm³/mol. The third-order valence-corrected chi connectivity index (χ3v) is 1.21. The quantitative estimate of drug-likeness (QED) is 0.391. The van der Waals surface area contributed by atoms with E-state index in [0.29, 0.717) is 19.1 Å². The van der Waals surface area contributed by atoms with Crippen LogP contribution in [0.25, 0.3) is 0 Å². The third-order valence-electron chi connectivity index (χ3n) is 1.21. The van der Waals surface area contributed by atoms with Crippen molar-refractivity contribution in [3.8, 4) is 0 Å². The minimum absolute atomic E-state index is 0.125. The highest BCUT2D eigenvalue weighted by molar-refractivity contribution is 5.69. The number of carbonyl (C=O) groups is 1. The maximum absolute atomic E-state index is 10.4. The maximum atomic E-state index is 10.4. The topological polar surface area (TPSA) is 44.8 Å². The zero-order valence-corrected chi connectivity index (χ0v) is 9.83. The molecule has 0 aliphatic rings. The maximum Gasteiger partial charge on any atom is 0.305 e. The van der Waals surface area contributed by atoms with Gasteiger partial charge < -0.3 is 14.2 Å². The highest BCUT2D eigenvalue weighted by Crippen LogP contribution is 1.98. The van der Waals surface area contributed by atoms with E-state index in [1.165, 1.54) is 7.11 Å². The summed E-state index contributed by atoms with van der Waals surface area (Å²) in [5, 5.41) is 0. The van der Waals surface area contributed by atoms with Gasteiger partial charge in [-0.25, -0.2) is 0 Å². The highest BCUT2D eigenvalue weighted by Gasteiger charge is 2.01. The van der Waals surface area contributed by atoms with Gasteiger partial charge in [-0.3, -0.25) is 4.79 Å². The van der Waals surface area contributed by atoms with Crippen molar-refractivity contribution in [1.82, 2.24) is 0 Å². The van der Waals surface area contributed by atoms with Gasteiger partial charge in [-0.15, -0.1) is 0 Å². The Hall–Kier alpha value is -0.610. The summed E-state index contributed by atoms with van der Waals surface area (Å²) in [4.78, 5) is 10.4. The highest BCUT2D eigenvalue weighted by atomic mass is 16.7. The van der Waals surface area contributed by atoms with Gasteiger partial charge in [-0.05, 0) is 12.8 Å². The molecule has 0 rings (SSSR count). The van der Waals surface area contributed by atoms with E-state index < -0.39 is 0 Å². The molecular formula is C10H22O4. The van der Waals surface area contributed by atoms with Gasteiger partial charge in [0.05, 0.1) is 7.11 Å². The number of ether oxygens (including phenoxy) is 3. The first kappa shape index (κ1) is 15.8. The standard InChI is InChI=1S/C6H12O2.C4H10O2/c1-5(2)4-6(7)8-3;1-3-6-4-5-2/h5H,4H2,1-3H3;3-4H2,1-2H3. The molecule has 14 heavy (non-hydrogen) atoms. The smallest absolute Gasteiger partial charge is 0.305 e. The summed E-state index contributed by atoms with van der Waals surface area (Å²) >= 11 is 0. The van der Waals surface area contributed by atoms with Gasteiger partial charge in [0.15, 0.2) is 0 Å². The van der Waals surface area contributed by atoms with E-state index in [1.807, 2.05) is 20.8 Å². The first-order chi connectivity index (χ1) is 6.58. The lowest BCUT2D eigenvalue weighted by Gasteiger charge is -1.99. The summed E-state index contributed by atoms with van der Waals surface area (Å²) in [5.41, 5.74) is 0. The van der Waals surface area contributed by atoms with Gasteiger partial charge in [0.2, 0.25) is 0 Å². The van der Waals surface area contributed by atoms with Crippen molar-refractivity contribution >= 4 is 5.97 Å². The monoisotopic (exact) mass is 206 g/mol. The Kier molecular flexibility index (Phi) is 14.0. The third kappa shape index (κ3) is 17.5. The summed E-state index contributed by atoms with van der Waals surface area (Å²) in [6, 6.07) is 0. The zero-order chi connectivity index (χ0) is 11.4. The van der Waals surface area contributed by atoms with E-state index in [-0.39, 0.29) is 5.97 Å². The molecule has 0 spiro atoms. The van der Waals surface area contributed by atoms with E-state index in [1.54, 1.807) is 7.11 Å². The lowest BCUT2D eigenvalue weighted by Crippen LogP contribution is -2.03. The minimum Gasteiger partial charge on any atom is -0.469 e. The van der Waals surface area contributed by atoms with Gasteiger partial charge in [0.25, 0.3) is 0 Å². The molecule has 0 saturated heterocycles. The van der Waals surface area contributed by atoms with Crippen LogP contribution in [0.3, 0.4) is 0 Å². The zero-order valence-electron chi connectivity index (χ0n) is 9.83. The number of carbonyl (C=O) groups excluding carboxylic acids is 1. The van der Waals surface area contributed by atoms with Crippen LogP contribution in [0, 0.1) is 5.92 Å². The van der Waals surface area contributed by atoms with Crippen molar-refractivity contribution in [2.45, 2.75) is 27.2 Å². The van der Waals surface area contributed by atoms with Crippen molar-refractivity contribution in [2.75, 3.05) is 27.6 Å². The fourth-order valence-electron chi connectivity index (χ4n) is 0.583. The van der Waals surface area contributed by atoms with E-state index in [0.717, 1.165) is 6.61 Å². The molecular weight excluding hydrogens is 184 g/mol. The Morgan fingerprint density at radius 3 is 2.00 bits per heavy atom. The minimum atomic E-state index is -0.125. The largest absolute Gasteiger partial charge is 0.469 e. The average molecular weight is 206 g/mol. The second-order valence-corrected chi connectivity index (χ2v) is 3.07. The molecule has 0 N–H and O–H groups in total. The number of methoxy groups -OCH3 is 2. The van der Waals surface area contributed by atoms with Crippen molar-refractivity contribution in [3.63, 3.8) is 0 Å². The lowest BCUT2D eigenvalue weighted by molar-refractivity contribution is -0.141. The van der Waals surface area contributed by atoms with Crippen molar-refractivity contribution in [3.05, 3.63) is 0 Å². The van der Waals surface area contributed by atoms with Crippen LogP contribution >= 0.6 is 0 Å². The Morgan fingerprint density at radius 2 is 1.86 bits per heavy atom. The SMILES string of the molecule is CCOCOC.COC(=O)CC(C)C. The molecule has 0 amide bonds. The molecule has 0 aliphatic carbocycles. The fourth-order valence-corrected chi connectivity index (χ4v) is 0.583. The van der Waals surface area contributed by atoms with E-state index in [2.05, 4.69) is 9.47 Å². The van der Waals surface area contributed by atoms with Crippen molar-refractivity contribution in [2.24, 2.45) is 5.92 Å². The van der Waals surface area contributed by atoms with Crippen LogP contribution < -0.4 is 0 Å². The van der Waals surface area contributed by atoms with Crippen LogP contribution in [-0.4, -0.2) is 33.6 Å². The predicted octanol–water partition coefficient (Wildman–Crippen LogP) is 1.83. The summed E-state index contributed by atoms with van der Waals surface area (Å²) < 4.78 is 13.7. The summed E-state index contributed by atoms with van der Waals surface area (Å²) in [5.74, 6) is 0.280. The number of esters is 1. The van der Waals surface area contributed by atoms with Crippen LogP contribution in [0.1, 0.15) is 27.2 Å². The second-order valence-electron chi connectivity index (χ2n) is 3.07. The van der Waals surface area contributed by atoms with Gasteiger partial charge >= 0.3 is 5.97 Å². The average Bonchev–Trinajstić information content (AvgIpc) is 2.14. The van der Waals surface area contributed by atoms with Gasteiger partial charge in [0, 0.05) is 20.1 Å². The Bertz CT molecular complexity index is 119. The molecule has 0 atom stereocenters. The van der Waals surface area contributed by atoms with Gasteiger partial charge in [-0.1, -0.05) is 13.8 Å². The van der Waals surface area contributed by atoms with Crippen LogP contribution in [-0.2, 0) is 19.0 Å². The molecule has 0 saturated carbocycles. The fraction of sp³-hybridized carbons (Fsp3) is 0.900. The number of rotatable bonds is 5. The number of hydrogen-bond acceptors (Lipinski definition) is 4. The molecule has 86 valence electrons. The van der Waals surface area contributed by atoms with Crippen LogP contribution in [0.4, 0.5) is 0 Å². The summed E-state index contributed by atoms with van der Waals surface area (Å²) in [7, 11) is 3.01. The normalized spacial score (nSPS) is 9.29. The Balaban J connectivity index is 0. The Labute approximate surface area is 86.5 Å². The first-order valence-corrected chi connectivity index (χ1v) is 4.71.